The van der Waals surface area contributed by atoms with Gasteiger partial charge in [-0.2, -0.15) is 0 Å². The van der Waals surface area contributed by atoms with Crippen molar-refractivity contribution in [3.63, 3.8) is 0 Å². The number of carbonyl (C=O) groups excluding carboxylic acids is 3. The standard InChI is InChI=1S/C24H26FO11P/c1-15(26)30-14-20-22(31-16(2)27)23(32-17(3)28)21(25)24(33-20)36-37(29,34-18-10-6-4-7-11-18)35-19-12-8-5-9-13-19/h4-13,20-24H,14H2,1-3H3/t20-,21+,22-,23-,24-/m1/s1. The lowest BCUT2D eigenvalue weighted by Gasteiger charge is -2.41. The summed E-state index contributed by atoms with van der Waals surface area (Å²) in [5.41, 5.74) is 0. The molecule has 1 heterocycles. The van der Waals surface area contributed by atoms with Crippen LogP contribution in [0, 0.1) is 0 Å². The molecule has 11 nitrogen and oxygen atoms in total. The number of para-hydroxylation sites is 2. The van der Waals surface area contributed by atoms with Crippen LogP contribution in [0.2, 0.25) is 0 Å². The third-order valence-electron chi connectivity index (χ3n) is 4.78. The van der Waals surface area contributed by atoms with E-state index in [1.807, 2.05) is 0 Å². The second-order valence-corrected chi connectivity index (χ2v) is 9.27. The fraction of sp³-hybridized carbons (Fsp3) is 0.375. The lowest BCUT2D eigenvalue weighted by atomic mass is 9.99. The van der Waals surface area contributed by atoms with Crippen LogP contribution in [0.25, 0.3) is 0 Å². The summed E-state index contributed by atoms with van der Waals surface area (Å²) in [6, 6.07) is 15.7. The van der Waals surface area contributed by atoms with Gasteiger partial charge in [0.1, 0.15) is 24.2 Å². The molecule has 13 heteroatoms. The van der Waals surface area contributed by atoms with Crippen molar-refractivity contribution in [1.29, 1.82) is 0 Å². The summed E-state index contributed by atoms with van der Waals surface area (Å²) in [7, 11) is -4.66. The van der Waals surface area contributed by atoms with Crippen molar-refractivity contribution in [2.45, 2.75) is 51.5 Å². The first-order valence-electron chi connectivity index (χ1n) is 11.1. The average Bonchev–Trinajstić information content (AvgIpc) is 2.83. The summed E-state index contributed by atoms with van der Waals surface area (Å²) >= 11 is 0. The summed E-state index contributed by atoms with van der Waals surface area (Å²) in [4.78, 5) is 34.8. The van der Waals surface area contributed by atoms with Crippen LogP contribution in [0.4, 0.5) is 4.39 Å². The molecule has 3 rings (SSSR count). The molecule has 1 fully saturated rings. The molecule has 0 bridgehead atoms. The number of hydrogen-bond donors (Lipinski definition) is 0. The Balaban J connectivity index is 1.94. The van der Waals surface area contributed by atoms with Crippen molar-refractivity contribution in [1.82, 2.24) is 0 Å². The highest BCUT2D eigenvalue weighted by molar-refractivity contribution is 7.49. The van der Waals surface area contributed by atoms with Gasteiger partial charge in [0.15, 0.2) is 18.4 Å². The van der Waals surface area contributed by atoms with Crippen molar-refractivity contribution in [2.24, 2.45) is 0 Å². The molecule has 2 aromatic carbocycles. The Labute approximate surface area is 212 Å². The highest BCUT2D eigenvalue weighted by atomic mass is 31.2. The maximum absolute atomic E-state index is 15.7. The van der Waals surface area contributed by atoms with Gasteiger partial charge < -0.3 is 28.0 Å². The number of esters is 3. The predicted octanol–water partition coefficient (Wildman–Crippen LogP) is 3.76. The number of ether oxygens (including phenoxy) is 4. The lowest BCUT2D eigenvalue weighted by Crippen LogP contribution is -2.60. The molecule has 0 saturated carbocycles. The Kier molecular flexibility index (Phi) is 9.62. The quantitative estimate of drug-likeness (QED) is 0.248. The molecular weight excluding hydrogens is 514 g/mol. The van der Waals surface area contributed by atoms with Gasteiger partial charge in [-0.15, -0.1) is 0 Å². The fourth-order valence-corrected chi connectivity index (χ4v) is 4.66. The number of benzene rings is 2. The van der Waals surface area contributed by atoms with E-state index < -0.39 is 63.1 Å². The second kappa shape index (κ2) is 12.7. The van der Waals surface area contributed by atoms with Gasteiger partial charge in [0, 0.05) is 20.8 Å². The number of phosphoric acid groups is 1. The lowest BCUT2D eigenvalue weighted by molar-refractivity contribution is -0.274. The number of halogens is 1. The number of carbonyl (C=O) groups is 3. The van der Waals surface area contributed by atoms with Crippen LogP contribution < -0.4 is 9.05 Å². The minimum atomic E-state index is -4.66. The molecular formula is C24H26FO11P. The summed E-state index contributed by atoms with van der Waals surface area (Å²) in [5.74, 6) is -2.28. The molecule has 0 aliphatic carbocycles. The molecule has 0 N–H and O–H groups in total. The topological polar surface area (TPSA) is 133 Å². The summed E-state index contributed by atoms with van der Waals surface area (Å²) < 4.78 is 66.6. The SMILES string of the molecule is CC(=O)OC[C@H]1O[C@H](OP(=O)(Oc2ccccc2)Oc2ccccc2)[C@@H](F)[C@@H](OC(C)=O)[C@@H]1OC(C)=O. The van der Waals surface area contributed by atoms with E-state index in [0.29, 0.717) is 0 Å². The molecule has 0 unspecified atom stereocenters. The number of alkyl halides is 1. The van der Waals surface area contributed by atoms with Crippen molar-refractivity contribution in [3.05, 3.63) is 60.7 Å². The van der Waals surface area contributed by atoms with E-state index in [4.69, 9.17) is 32.5 Å². The summed E-state index contributed by atoms with van der Waals surface area (Å²) in [6.07, 6.45) is -8.98. The van der Waals surface area contributed by atoms with Crippen LogP contribution in [-0.4, -0.2) is 55.3 Å². The average molecular weight is 540 g/mol. The smallest absolute Gasteiger partial charge is 0.463 e. The van der Waals surface area contributed by atoms with E-state index in [1.165, 1.54) is 24.3 Å². The molecule has 1 aliphatic heterocycles. The van der Waals surface area contributed by atoms with E-state index in [1.54, 1.807) is 36.4 Å². The minimum absolute atomic E-state index is 0.0822. The fourth-order valence-electron chi connectivity index (χ4n) is 3.36. The Morgan fingerprint density at radius 1 is 0.811 bits per heavy atom. The first-order valence-corrected chi connectivity index (χ1v) is 12.6. The highest BCUT2D eigenvalue weighted by Gasteiger charge is 2.54. The summed E-state index contributed by atoms with van der Waals surface area (Å²) in [6.45, 7) is 2.67. The first kappa shape index (κ1) is 28.1. The first-order chi connectivity index (χ1) is 17.6. The third kappa shape index (κ3) is 8.28. The van der Waals surface area contributed by atoms with Crippen LogP contribution in [0.5, 0.6) is 11.5 Å². The van der Waals surface area contributed by atoms with Crippen LogP contribution >= 0.6 is 7.82 Å². The van der Waals surface area contributed by atoms with E-state index >= 15 is 4.39 Å². The Bertz CT molecular complexity index is 1070. The maximum atomic E-state index is 15.7. The van der Waals surface area contributed by atoms with Crippen molar-refractivity contribution in [3.8, 4) is 11.5 Å². The van der Waals surface area contributed by atoms with Crippen LogP contribution in [-0.2, 0) is 42.4 Å². The molecule has 37 heavy (non-hydrogen) atoms. The van der Waals surface area contributed by atoms with Crippen LogP contribution in [0.3, 0.4) is 0 Å². The van der Waals surface area contributed by atoms with E-state index in [2.05, 4.69) is 0 Å². The highest BCUT2D eigenvalue weighted by Crippen LogP contribution is 2.52. The van der Waals surface area contributed by atoms with E-state index in [0.717, 1.165) is 20.8 Å². The Morgan fingerprint density at radius 3 is 1.76 bits per heavy atom. The van der Waals surface area contributed by atoms with Crippen molar-refractivity contribution >= 4 is 25.7 Å². The number of phosphoric ester groups is 1. The number of hydrogen-bond acceptors (Lipinski definition) is 11. The van der Waals surface area contributed by atoms with Crippen LogP contribution in [0.1, 0.15) is 20.8 Å². The molecule has 1 aliphatic rings. The molecule has 5 atom stereocenters. The van der Waals surface area contributed by atoms with Gasteiger partial charge in [0.2, 0.25) is 6.29 Å². The molecule has 0 aromatic heterocycles. The summed E-state index contributed by atoms with van der Waals surface area (Å²) in [5, 5.41) is 0. The zero-order chi connectivity index (χ0) is 27.0. The minimum Gasteiger partial charge on any atom is -0.463 e. The zero-order valence-corrected chi connectivity index (χ0v) is 21.1. The second-order valence-electron chi connectivity index (χ2n) is 7.80. The molecule has 1 saturated heterocycles. The maximum Gasteiger partial charge on any atom is 0.590 e. The molecule has 2 aromatic rings. The van der Waals surface area contributed by atoms with Gasteiger partial charge in [-0.05, 0) is 24.3 Å². The van der Waals surface area contributed by atoms with Gasteiger partial charge in [-0.1, -0.05) is 36.4 Å². The predicted molar refractivity (Wildman–Crippen MR) is 124 cm³/mol. The van der Waals surface area contributed by atoms with Gasteiger partial charge >= 0.3 is 25.7 Å². The van der Waals surface area contributed by atoms with Crippen molar-refractivity contribution in [2.75, 3.05) is 6.61 Å². The van der Waals surface area contributed by atoms with Gasteiger partial charge in [-0.25, -0.2) is 13.5 Å². The van der Waals surface area contributed by atoms with Crippen LogP contribution in [0.15, 0.2) is 60.7 Å². The zero-order valence-electron chi connectivity index (χ0n) is 20.2. The Hall–Kier alpha value is -3.47. The molecule has 0 amide bonds. The molecule has 0 radical (unpaired) electrons. The largest absolute Gasteiger partial charge is 0.590 e. The normalized spacial score (nSPS) is 23.4. The van der Waals surface area contributed by atoms with Crippen molar-refractivity contribution < 1.29 is 55.9 Å². The van der Waals surface area contributed by atoms with E-state index in [9.17, 15) is 18.9 Å². The monoisotopic (exact) mass is 540 g/mol. The third-order valence-corrected chi connectivity index (χ3v) is 6.12. The van der Waals surface area contributed by atoms with Gasteiger partial charge in [0.25, 0.3) is 0 Å². The molecule has 200 valence electrons. The van der Waals surface area contributed by atoms with Gasteiger partial charge in [0.05, 0.1) is 0 Å². The van der Waals surface area contributed by atoms with E-state index in [-0.39, 0.29) is 11.5 Å². The van der Waals surface area contributed by atoms with Gasteiger partial charge in [-0.3, -0.25) is 14.4 Å². The molecule has 0 spiro atoms. The Morgan fingerprint density at radius 2 is 1.30 bits per heavy atom. The number of rotatable bonds is 10.